The van der Waals surface area contributed by atoms with E-state index in [-0.39, 0.29) is 0 Å². The largest absolute Gasteiger partial charge is 0.300 e. The molecular formula is C11H22BrN. The third-order valence-electron chi connectivity index (χ3n) is 3.37. The third kappa shape index (κ3) is 3.25. The molecule has 0 radical (unpaired) electrons. The zero-order valence-corrected chi connectivity index (χ0v) is 10.7. The Labute approximate surface area is 91.0 Å². The van der Waals surface area contributed by atoms with Crippen LogP contribution >= 0.6 is 15.9 Å². The minimum atomic E-state index is 0.308. The second-order valence-corrected chi connectivity index (χ2v) is 5.54. The lowest BCUT2D eigenvalue weighted by Crippen LogP contribution is -2.44. The summed E-state index contributed by atoms with van der Waals surface area (Å²) in [5.74, 6) is 0.961. The first-order chi connectivity index (χ1) is 6.06. The lowest BCUT2D eigenvalue weighted by atomic mass is 10.0. The van der Waals surface area contributed by atoms with Crippen LogP contribution in [-0.4, -0.2) is 29.4 Å². The standard InChI is InChI=1S/C11H22BrN/c1-11(2,9-12)13(3)8-10-6-4-5-7-10/h10H,4-9H2,1-3H3. The van der Waals surface area contributed by atoms with Crippen LogP contribution in [0.15, 0.2) is 0 Å². The summed E-state index contributed by atoms with van der Waals surface area (Å²) in [6.07, 6.45) is 5.80. The van der Waals surface area contributed by atoms with E-state index >= 15 is 0 Å². The van der Waals surface area contributed by atoms with Crippen molar-refractivity contribution in [3.8, 4) is 0 Å². The first-order valence-corrected chi connectivity index (χ1v) is 6.45. The van der Waals surface area contributed by atoms with Crippen LogP contribution in [0.2, 0.25) is 0 Å². The predicted octanol–water partition coefficient (Wildman–Crippen LogP) is 3.28. The van der Waals surface area contributed by atoms with E-state index < -0.39 is 0 Å². The molecular weight excluding hydrogens is 226 g/mol. The number of nitrogens with zero attached hydrogens (tertiary/aromatic N) is 1. The highest BCUT2D eigenvalue weighted by Gasteiger charge is 2.25. The topological polar surface area (TPSA) is 3.24 Å². The summed E-state index contributed by atoms with van der Waals surface area (Å²) in [7, 11) is 2.25. The molecule has 78 valence electrons. The van der Waals surface area contributed by atoms with Gasteiger partial charge in [-0.3, -0.25) is 0 Å². The van der Waals surface area contributed by atoms with Crippen LogP contribution in [0.25, 0.3) is 0 Å². The monoisotopic (exact) mass is 247 g/mol. The second kappa shape index (κ2) is 4.79. The van der Waals surface area contributed by atoms with Crippen molar-refractivity contribution in [3.63, 3.8) is 0 Å². The molecule has 2 heteroatoms. The highest BCUT2D eigenvalue weighted by molar-refractivity contribution is 9.09. The molecule has 1 rings (SSSR count). The van der Waals surface area contributed by atoms with Gasteiger partial charge in [-0.1, -0.05) is 28.8 Å². The first-order valence-electron chi connectivity index (χ1n) is 5.33. The molecule has 0 heterocycles. The number of alkyl halides is 1. The predicted molar refractivity (Wildman–Crippen MR) is 62.5 cm³/mol. The summed E-state index contributed by atoms with van der Waals surface area (Å²) in [6, 6.07) is 0. The fourth-order valence-electron chi connectivity index (χ4n) is 1.93. The summed E-state index contributed by atoms with van der Waals surface area (Å²) in [4.78, 5) is 2.50. The lowest BCUT2D eigenvalue weighted by molar-refractivity contribution is 0.155. The van der Waals surface area contributed by atoms with Crippen LogP contribution < -0.4 is 0 Å². The molecule has 13 heavy (non-hydrogen) atoms. The van der Waals surface area contributed by atoms with E-state index in [4.69, 9.17) is 0 Å². The van der Waals surface area contributed by atoms with E-state index in [0.29, 0.717) is 5.54 Å². The van der Waals surface area contributed by atoms with Crippen LogP contribution in [0.1, 0.15) is 39.5 Å². The molecule has 0 bridgehead atoms. The fraction of sp³-hybridized carbons (Fsp3) is 1.00. The number of halogens is 1. The second-order valence-electron chi connectivity index (χ2n) is 4.98. The molecule has 0 saturated heterocycles. The molecule has 1 aliphatic rings. The molecule has 1 aliphatic carbocycles. The third-order valence-corrected chi connectivity index (χ3v) is 4.74. The highest BCUT2D eigenvalue weighted by atomic mass is 79.9. The lowest BCUT2D eigenvalue weighted by Gasteiger charge is -2.35. The zero-order chi connectivity index (χ0) is 9.90. The molecule has 0 spiro atoms. The molecule has 0 aromatic rings. The van der Waals surface area contributed by atoms with E-state index in [2.05, 4.69) is 41.7 Å². The number of rotatable bonds is 4. The van der Waals surface area contributed by atoms with Gasteiger partial charge >= 0.3 is 0 Å². The van der Waals surface area contributed by atoms with Gasteiger partial charge in [0.25, 0.3) is 0 Å². The van der Waals surface area contributed by atoms with Crippen LogP contribution in [0, 0.1) is 5.92 Å². The van der Waals surface area contributed by atoms with E-state index in [1.807, 2.05) is 0 Å². The molecule has 0 aromatic heterocycles. The molecule has 1 fully saturated rings. The van der Waals surface area contributed by atoms with Crippen molar-refractivity contribution in [1.82, 2.24) is 4.90 Å². The summed E-state index contributed by atoms with van der Waals surface area (Å²) in [5, 5.41) is 1.06. The van der Waals surface area contributed by atoms with Crippen molar-refractivity contribution in [1.29, 1.82) is 0 Å². The van der Waals surface area contributed by atoms with Crippen LogP contribution in [-0.2, 0) is 0 Å². The van der Waals surface area contributed by atoms with Gasteiger partial charge < -0.3 is 4.90 Å². The van der Waals surface area contributed by atoms with Gasteiger partial charge in [0.15, 0.2) is 0 Å². The van der Waals surface area contributed by atoms with Crippen molar-refractivity contribution < 1.29 is 0 Å². The normalized spacial score (nSPS) is 20.1. The van der Waals surface area contributed by atoms with Gasteiger partial charge in [-0.25, -0.2) is 0 Å². The van der Waals surface area contributed by atoms with Crippen LogP contribution in [0.5, 0.6) is 0 Å². The summed E-state index contributed by atoms with van der Waals surface area (Å²) in [5.41, 5.74) is 0.308. The quantitative estimate of drug-likeness (QED) is 0.690. The first kappa shape index (κ1) is 11.5. The zero-order valence-electron chi connectivity index (χ0n) is 9.15. The van der Waals surface area contributed by atoms with Gasteiger partial charge in [0.1, 0.15) is 0 Å². The smallest absolute Gasteiger partial charge is 0.0247 e. The minimum absolute atomic E-state index is 0.308. The maximum absolute atomic E-state index is 3.58. The maximum Gasteiger partial charge on any atom is 0.0247 e. The van der Waals surface area contributed by atoms with Gasteiger partial charge in [0.05, 0.1) is 0 Å². The maximum atomic E-state index is 3.58. The van der Waals surface area contributed by atoms with Crippen LogP contribution in [0.4, 0.5) is 0 Å². The molecule has 1 nitrogen and oxygen atoms in total. The molecule has 0 unspecified atom stereocenters. The average molecular weight is 248 g/mol. The SMILES string of the molecule is CN(CC1CCCC1)C(C)(C)CBr. The summed E-state index contributed by atoms with van der Waals surface area (Å²) >= 11 is 3.58. The molecule has 1 saturated carbocycles. The molecule has 0 atom stereocenters. The van der Waals surface area contributed by atoms with Gasteiger partial charge in [0.2, 0.25) is 0 Å². The van der Waals surface area contributed by atoms with Crippen molar-refractivity contribution in [2.75, 3.05) is 18.9 Å². The fourth-order valence-corrected chi connectivity index (χ4v) is 2.36. The van der Waals surface area contributed by atoms with E-state index in [1.165, 1.54) is 32.2 Å². The van der Waals surface area contributed by atoms with Crippen LogP contribution in [0.3, 0.4) is 0 Å². The van der Waals surface area contributed by atoms with Crippen molar-refractivity contribution in [2.45, 2.75) is 45.1 Å². The Bertz CT molecular complexity index is 150. The van der Waals surface area contributed by atoms with Gasteiger partial charge in [-0.15, -0.1) is 0 Å². The van der Waals surface area contributed by atoms with Gasteiger partial charge in [-0.05, 0) is 39.7 Å². The Morgan fingerprint density at radius 2 is 1.85 bits per heavy atom. The molecule has 0 amide bonds. The Kier molecular flexibility index (Phi) is 4.24. The molecule has 0 aliphatic heterocycles. The van der Waals surface area contributed by atoms with Crippen molar-refractivity contribution >= 4 is 15.9 Å². The Balaban J connectivity index is 2.34. The van der Waals surface area contributed by atoms with Gasteiger partial charge in [0, 0.05) is 17.4 Å². The Hall–Kier alpha value is 0.440. The molecule has 0 N–H and O–H groups in total. The minimum Gasteiger partial charge on any atom is -0.300 e. The summed E-state index contributed by atoms with van der Waals surface area (Å²) < 4.78 is 0. The highest BCUT2D eigenvalue weighted by Crippen LogP contribution is 2.27. The van der Waals surface area contributed by atoms with E-state index in [1.54, 1.807) is 0 Å². The Morgan fingerprint density at radius 1 is 1.31 bits per heavy atom. The van der Waals surface area contributed by atoms with E-state index in [0.717, 1.165) is 11.2 Å². The number of hydrogen-bond donors (Lipinski definition) is 0. The van der Waals surface area contributed by atoms with E-state index in [9.17, 15) is 0 Å². The van der Waals surface area contributed by atoms with Gasteiger partial charge in [-0.2, -0.15) is 0 Å². The number of hydrogen-bond acceptors (Lipinski definition) is 1. The Morgan fingerprint density at radius 3 is 2.31 bits per heavy atom. The summed E-state index contributed by atoms with van der Waals surface area (Å²) in [6.45, 7) is 5.88. The molecule has 0 aromatic carbocycles. The van der Waals surface area contributed by atoms with Crippen molar-refractivity contribution in [2.24, 2.45) is 5.92 Å². The van der Waals surface area contributed by atoms with Crippen molar-refractivity contribution in [3.05, 3.63) is 0 Å². The average Bonchev–Trinajstić information content (AvgIpc) is 2.57.